The summed E-state index contributed by atoms with van der Waals surface area (Å²) in [6, 6.07) is 29.5. The summed E-state index contributed by atoms with van der Waals surface area (Å²) in [7, 11) is 0. The molecule has 5 unspecified atom stereocenters. The Morgan fingerprint density at radius 2 is 0.685 bits per heavy atom. The predicted molar refractivity (Wildman–Crippen MR) is 504 cm³/mol. The number of ether oxygens (including phenoxy) is 8. The number of rotatable bonds is 25. The number of anilines is 8. The number of aliphatic hydroxyl groups excluding tert-OH is 3. The first kappa shape index (κ1) is 119. The van der Waals surface area contributed by atoms with Gasteiger partial charge in [0.1, 0.15) is 72.1 Å². The summed E-state index contributed by atoms with van der Waals surface area (Å²) >= 11 is -12.0. The number of carbonyl (C=O) groups excluding carboxylic acids is 5. The molecule has 0 aliphatic carbocycles. The first-order chi connectivity index (χ1) is 66.7. The van der Waals surface area contributed by atoms with Crippen LogP contribution in [-0.4, -0.2) is 243 Å². The van der Waals surface area contributed by atoms with E-state index in [2.05, 4.69) is 103 Å². The molecular weight excluding hydrogens is 2170 g/mol. The van der Waals surface area contributed by atoms with E-state index in [0.29, 0.717) is 171 Å². The third kappa shape index (κ3) is 32.2. The maximum absolute atomic E-state index is 11.8. The zero-order valence-corrected chi connectivity index (χ0v) is 91.7. The molecule has 16 rings (SSSR count). The average Bonchev–Trinajstić information content (AvgIpc) is 1.60. The van der Waals surface area contributed by atoms with Crippen LogP contribution in [0.5, 0.6) is 0 Å². The normalized spacial score (nSPS) is 21.3. The third-order valence-electron chi connectivity index (χ3n) is 24.0. The zero-order chi connectivity index (χ0) is 101. The average molecular weight is 2290 g/mol. The van der Waals surface area contributed by atoms with Gasteiger partial charge in [-0.3, -0.25) is 13.7 Å². The molecule has 8 aliphatic heterocycles. The van der Waals surface area contributed by atoms with Gasteiger partial charge in [-0.05, 0) is 187 Å². The third-order valence-corrected chi connectivity index (χ3v) is 24.0. The molecular formula is C94H125BIN20Na2O24Os. The van der Waals surface area contributed by atoms with Gasteiger partial charge in [0.15, 0.2) is 23.3 Å². The van der Waals surface area contributed by atoms with E-state index in [0.717, 1.165) is 116 Å². The molecule has 0 bridgehead atoms. The Balaban J connectivity index is 0.000000250. The van der Waals surface area contributed by atoms with Gasteiger partial charge in [-0.15, -0.1) is 6.58 Å². The number of hydrogen-bond acceptors (Lipinski definition) is 36. The molecule has 765 valence electrons. The predicted octanol–water partition coefficient (Wildman–Crippen LogP) is -3.18. The van der Waals surface area contributed by atoms with Crippen LogP contribution in [0.25, 0.3) is 45.6 Å². The van der Waals surface area contributed by atoms with E-state index < -0.39 is 63.4 Å². The Bertz CT molecular complexity index is 5710. The number of halogens is 1. The molecule has 143 heavy (non-hydrogen) atoms. The van der Waals surface area contributed by atoms with E-state index in [-0.39, 0.29) is 143 Å². The van der Waals surface area contributed by atoms with E-state index in [1.54, 1.807) is 0 Å². The number of aldehydes is 1. The summed E-state index contributed by atoms with van der Waals surface area (Å²) < 4.78 is 116. The monoisotopic (exact) mass is 2290 g/mol. The van der Waals surface area contributed by atoms with Crippen molar-refractivity contribution in [3.8, 4) is 45.6 Å². The maximum atomic E-state index is 11.8. The Hall–Kier alpha value is -9.08. The van der Waals surface area contributed by atoms with Gasteiger partial charge in [-0.2, -0.15) is 0 Å². The van der Waals surface area contributed by atoms with Gasteiger partial charge in [0.25, 0.3) is 0 Å². The van der Waals surface area contributed by atoms with Crippen LogP contribution in [0.4, 0.5) is 65.2 Å². The van der Waals surface area contributed by atoms with E-state index >= 15 is 0 Å². The van der Waals surface area contributed by atoms with E-state index in [1.165, 1.54) is 0 Å². The number of morpholine rings is 4. The number of benzene rings is 4. The number of nitrogens with one attached hydrogen (secondary N) is 8. The number of hydrogen-bond donors (Lipinski definition) is 11. The minimum absolute atomic E-state index is 0. The van der Waals surface area contributed by atoms with Crippen LogP contribution in [0, 0.1) is 0 Å². The van der Waals surface area contributed by atoms with Crippen LogP contribution in [0.3, 0.4) is 0 Å². The second-order valence-electron chi connectivity index (χ2n) is 34.7. The molecule has 8 aromatic rings. The van der Waals surface area contributed by atoms with Gasteiger partial charge in [-0.25, -0.2) is 59.0 Å². The van der Waals surface area contributed by atoms with Gasteiger partial charge in [0.2, 0.25) is 0 Å². The summed E-state index contributed by atoms with van der Waals surface area (Å²) in [5.74, 6) is 5.75. The first-order valence-corrected chi connectivity index (χ1v) is 53.7. The van der Waals surface area contributed by atoms with Crippen molar-refractivity contribution in [1.29, 1.82) is 0 Å². The molecule has 4 aromatic carbocycles. The SMILES string of the molecule is C=CCC1(C)OCc2c(N3CCOC[C@@H]3C)nc(-c3ccc(NC(=O)NCC)cc3)nc21.CCNC(=O)Nc1ccc(-c2nc(N3CCOC[C@@H]3C)c3c(n2)C(C)(CC(O)CO)OC3)cc1.CCNC(=O)Nc1ccc(-c2nc(N3CCOC[C@@H]3C)c3c(n2)C(C)(CC=O)OC3)cc1.CCNC(=O)Nc1ccc(-c2nc(N3CCOC[C@@H]3C)c3c(n2)C(C)(CCO)OC3)cc1.[B].[H-].[Na+].[Na+].[O-][I+3]([O-])([O-])[O-].[O]=[Os](=[O])(=[O])=[O]. The summed E-state index contributed by atoms with van der Waals surface area (Å²) in [4.78, 5) is 107. The molecule has 4 saturated heterocycles. The second-order valence-corrected chi connectivity index (χ2v) is 39.4. The Labute approximate surface area is 886 Å². The number of nitrogens with zero attached hydrogens (tertiary/aromatic N) is 12. The van der Waals surface area contributed by atoms with Gasteiger partial charge < -0.3 is 122 Å². The van der Waals surface area contributed by atoms with E-state index in [1.807, 2.05) is 152 Å². The molecule has 44 nitrogen and oxygen atoms in total. The van der Waals surface area contributed by atoms with Crippen molar-refractivity contribution in [2.45, 2.75) is 188 Å². The Kier molecular flexibility index (Phi) is 45.5. The fourth-order valence-corrected chi connectivity index (χ4v) is 17.0. The van der Waals surface area contributed by atoms with Crippen molar-refractivity contribution >= 4 is 84.8 Å². The molecule has 9 atom stereocenters. The topological polar surface area (TPSA) is 593 Å². The van der Waals surface area contributed by atoms with Crippen LogP contribution < -0.4 is 155 Å². The number of aromatic nitrogens is 8. The quantitative estimate of drug-likeness (QED) is 0.0116. The van der Waals surface area contributed by atoms with Crippen LogP contribution >= 0.6 is 0 Å². The number of amides is 8. The fourth-order valence-electron chi connectivity index (χ4n) is 17.0. The van der Waals surface area contributed by atoms with Crippen molar-refractivity contribution in [3.63, 3.8) is 0 Å². The van der Waals surface area contributed by atoms with Crippen molar-refractivity contribution < 1.29 is 201 Å². The molecule has 12 heterocycles. The minimum atomic E-state index is -6.06. The van der Waals surface area contributed by atoms with Gasteiger partial charge in [0, 0.05) is 154 Å². The second kappa shape index (κ2) is 54.6. The number of aliphatic hydroxyl groups is 3. The van der Waals surface area contributed by atoms with E-state index in [4.69, 9.17) is 106 Å². The molecule has 8 aliphatic rings. The molecule has 3 radical (unpaired) electrons. The van der Waals surface area contributed by atoms with Crippen LogP contribution in [0.2, 0.25) is 0 Å². The fraction of sp³-hybridized carbons (Fsp3) is 0.500. The van der Waals surface area contributed by atoms with Crippen molar-refractivity contribution in [1.82, 2.24) is 61.1 Å². The number of urea groups is 4. The van der Waals surface area contributed by atoms with Crippen LogP contribution in [0.1, 0.15) is 155 Å². The zero-order valence-electron chi connectivity index (χ0n) is 84.0. The molecule has 4 aromatic heterocycles. The molecule has 4 fully saturated rings. The summed E-state index contributed by atoms with van der Waals surface area (Å²) in [5, 5.41) is 51.2. The summed E-state index contributed by atoms with van der Waals surface area (Å²) in [5.41, 5.74) is 10.3. The van der Waals surface area contributed by atoms with Gasteiger partial charge in [0.05, 0.1) is 139 Å². The number of fused-ring (bicyclic) bond motifs is 4. The number of carbonyl (C=O) groups is 5. The van der Waals surface area contributed by atoms with Crippen LogP contribution in [-0.2, 0) is 121 Å². The molecule has 11 N–H and O–H groups in total. The Morgan fingerprint density at radius 1 is 0.448 bits per heavy atom. The Morgan fingerprint density at radius 3 is 0.916 bits per heavy atom. The van der Waals surface area contributed by atoms with Crippen LogP contribution in [0.15, 0.2) is 110 Å². The van der Waals surface area contributed by atoms with Crippen molar-refractivity contribution in [3.05, 3.63) is 155 Å². The van der Waals surface area contributed by atoms with Crippen molar-refractivity contribution in [2.24, 2.45) is 0 Å². The molecule has 8 amide bonds. The first-order valence-electron chi connectivity index (χ1n) is 46.0. The van der Waals surface area contributed by atoms with Crippen molar-refractivity contribution in [2.75, 3.05) is 159 Å². The van der Waals surface area contributed by atoms with Gasteiger partial charge in [-0.1, -0.05) is 6.08 Å². The molecule has 0 saturated carbocycles. The standard InChI is InChI=1S/C24H33N5O5.C24H31N5O3.C23H31N5O4.C23H29N5O4.B.IO4.2Na.4O.Os.H/c1-4-25-23(32)26-17-7-5-16(6-8-17)21-27-20-19(14-34-24(20,3)11-18(31)12-30)22(28-21)29-9-10-33-13-15(29)2;1-5-11-24(4)20-19(15-32-24)22(29-12-13-31-14-16(29)3)28-21(27-20)17-7-9-18(10-8-17)26-23(30)25-6-2;2*1-4-24-22(30)25-17-7-5-16(6-8-17)20-26-19-18(14-32-23(19,3)9-11-29)21(27-20)28-10-12-31-13-15(28)2;;2-1(3,4)5;;;;;;;;/h5-8,15,18,30-31H,4,9-14H2,1-3H3,(H2,25,26,32);5,7-10,16H,1,6,11-15H2,2-4H3,(H2,25,26,30);5-8,15,29H,4,9-14H2,1-3H3,(H2,24,25,30);5-8,11,15H,4,9-10,12-14H2,1-3H3,(H2,24,25,30);;;;;;;;;;/q;;;;;-1;2*+1;;;;;;-1/t15-,18?,24?;16-,24?;2*15-,23?;;;;;;;;;;/m0000........../s1. The summed E-state index contributed by atoms with van der Waals surface area (Å²) in [6.07, 6.45) is 3.41. The van der Waals surface area contributed by atoms with Gasteiger partial charge >= 0.3 is 112 Å². The molecule has 0 spiro atoms. The molecule has 49 heteroatoms. The summed E-state index contributed by atoms with van der Waals surface area (Å²) in [6.45, 7) is 39.2. The van der Waals surface area contributed by atoms with E-state index in [9.17, 15) is 39.3 Å².